The molecule has 0 rings (SSSR count). The molecule has 0 aromatic rings. The molecule has 0 fully saturated rings. The quantitative estimate of drug-likeness (QED) is 0.528. The van der Waals surface area contributed by atoms with Crippen LogP contribution in [0.5, 0.6) is 0 Å². The van der Waals surface area contributed by atoms with Crippen LogP contribution in [0.1, 0.15) is 0 Å². The van der Waals surface area contributed by atoms with Crippen LogP contribution in [0.15, 0.2) is 11.5 Å². The third kappa shape index (κ3) is 5.97. The van der Waals surface area contributed by atoms with Crippen molar-refractivity contribution in [1.82, 2.24) is 0 Å². The average Bonchev–Trinajstić information content (AvgIpc) is 1.59. The Balaban J connectivity index is 3.52. The molecule has 0 spiro atoms. The van der Waals surface area contributed by atoms with Crippen molar-refractivity contribution in [2.75, 3.05) is 12.8 Å². The summed E-state index contributed by atoms with van der Waals surface area (Å²) >= 11 is 0. The topological polar surface area (TPSA) is 66.5 Å². The van der Waals surface area contributed by atoms with Gasteiger partial charge in [-0.3, -0.25) is 9.11 Å². The molecular formula is C4H11NO2S. The van der Waals surface area contributed by atoms with Gasteiger partial charge in [-0.05, 0) is 0 Å². The second-order valence-corrected chi connectivity index (χ2v) is 3.56. The second kappa shape index (κ2) is 3.09. The summed E-state index contributed by atoms with van der Waals surface area (Å²) in [4.78, 5) is 0. The third-order valence-corrected chi connectivity index (χ3v) is 1.20. The fourth-order valence-corrected chi connectivity index (χ4v) is 0.714. The van der Waals surface area contributed by atoms with E-state index in [0.717, 1.165) is 0 Å². The SMILES string of the molecule is CS(O)(O)/C=C/CN. The highest BCUT2D eigenvalue weighted by molar-refractivity contribution is 8.26. The molecule has 0 unspecified atom stereocenters. The Morgan fingerprint density at radius 1 is 1.62 bits per heavy atom. The van der Waals surface area contributed by atoms with Crippen LogP contribution in [0.25, 0.3) is 0 Å². The van der Waals surface area contributed by atoms with Crippen molar-refractivity contribution in [1.29, 1.82) is 0 Å². The van der Waals surface area contributed by atoms with Gasteiger partial charge >= 0.3 is 0 Å². The molecule has 4 N–H and O–H groups in total. The zero-order chi connectivity index (χ0) is 6.62. The number of hydrogen-bond acceptors (Lipinski definition) is 3. The van der Waals surface area contributed by atoms with Crippen molar-refractivity contribution in [3.8, 4) is 0 Å². The van der Waals surface area contributed by atoms with E-state index >= 15 is 0 Å². The highest BCUT2D eigenvalue weighted by atomic mass is 32.3. The Labute approximate surface area is 50.6 Å². The highest BCUT2D eigenvalue weighted by Crippen LogP contribution is 2.34. The Morgan fingerprint density at radius 2 is 2.12 bits per heavy atom. The van der Waals surface area contributed by atoms with Crippen molar-refractivity contribution < 1.29 is 9.11 Å². The van der Waals surface area contributed by atoms with E-state index in [9.17, 15) is 0 Å². The maximum Gasteiger partial charge on any atom is 0.0305 e. The lowest BCUT2D eigenvalue weighted by molar-refractivity contribution is 0.507. The minimum atomic E-state index is -2.45. The molecule has 0 radical (unpaired) electrons. The molecule has 50 valence electrons. The second-order valence-electron chi connectivity index (χ2n) is 1.50. The molecule has 0 aromatic heterocycles. The van der Waals surface area contributed by atoms with E-state index < -0.39 is 10.6 Å². The number of rotatable bonds is 2. The maximum atomic E-state index is 8.65. The molecule has 0 bridgehead atoms. The molecule has 3 nitrogen and oxygen atoms in total. The van der Waals surface area contributed by atoms with E-state index in [-0.39, 0.29) is 0 Å². The lowest BCUT2D eigenvalue weighted by atomic mass is 10.7. The van der Waals surface area contributed by atoms with Crippen LogP contribution in [0.4, 0.5) is 0 Å². The van der Waals surface area contributed by atoms with E-state index in [4.69, 9.17) is 14.8 Å². The zero-order valence-corrected chi connectivity index (χ0v) is 5.56. The largest absolute Gasteiger partial charge is 0.327 e. The van der Waals surface area contributed by atoms with Crippen molar-refractivity contribution in [3.63, 3.8) is 0 Å². The van der Waals surface area contributed by atoms with Crippen LogP contribution in [-0.2, 0) is 0 Å². The lowest BCUT2D eigenvalue weighted by Gasteiger charge is -2.20. The predicted molar refractivity (Wildman–Crippen MR) is 37.0 cm³/mol. The Kier molecular flexibility index (Phi) is 3.08. The summed E-state index contributed by atoms with van der Waals surface area (Å²) in [5.41, 5.74) is 5.04. The summed E-state index contributed by atoms with van der Waals surface area (Å²) in [6, 6.07) is 0. The molecule has 0 saturated heterocycles. The summed E-state index contributed by atoms with van der Waals surface area (Å²) in [6.45, 7) is 0.351. The minimum absolute atomic E-state index is 0.351. The molecule has 0 saturated carbocycles. The van der Waals surface area contributed by atoms with E-state index in [1.54, 1.807) is 0 Å². The smallest absolute Gasteiger partial charge is 0.0305 e. The van der Waals surface area contributed by atoms with Crippen molar-refractivity contribution in [3.05, 3.63) is 11.5 Å². The van der Waals surface area contributed by atoms with E-state index in [0.29, 0.717) is 6.54 Å². The van der Waals surface area contributed by atoms with Gasteiger partial charge < -0.3 is 5.73 Å². The monoisotopic (exact) mass is 137 g/mol. The third-order valence-electron chi connectivity index (χ3n) is 0.490. The molecular weight excluding hydrogens is 126 g/mol. The van der Waals surface area contributed by atoms with Crippen LogP contribution in [0.3, 0.4) is 0 Å². The molecule has 0 aliphatic carbocycles. The van der Waals surface area contributed by atoms with Crippen LogP contribution in [0, 0.1) is 0 Å². The van der Waals surface area contributed by atoms with Gasteiger partial charge in [0.25, 0.3) is 0 Å². The fourth-order valence-electron chi connectivity index (χ4n) is 0.238. The summed E-state index contributed by atoms with van der Waals surface area (Å²) in [6.07, 6.45) is 2.87. The molecule has 0 aliphatic rings. The summed E-state index contributed by atoms with van der Waals surface area (Å²) in [5.74, 6) is 0. The Bertz CT molecular complexity index is 86.5. The fraction of sp³-hybridized carbons (Fsp3) is 0.500. The van der Waals surface area contributed by atoms with Crippen molar-refractivity contribution >= 4 is 10.6 Å². The molecule has 4 heteroatoms. The van der Waals surface area contributed by atoms with Gasteiger partial charge in [-0.1, -0.05) is 6.08 Å². The van der Waals surface area contributed by atoms with Gasteiger partial charge in [-0.2, -0.15) is 10.6 Å². The molecule has 8 heavy (non-hydrogen) atoms. The standard InChI is InChI=1S/C4H11NO2S/c1-8(6,7)4-2-3-5/h2,4,6-7H,3,5H2,1H3/b4-2+. The Hall–Kier alpha value is -0.0300. The van der Waals surface area contributed by atoms with E-state index in [2.05, 4.69) is 0 Å². The normalized spacial score (nSPS) is 15.0. The summed E-state index contributed by atoms with van der Waals surface area (Å²) in [7, 11) is -2.45. The molecule has 0 amide bonds. The molecule has 0 atom stereocenters. The van der Waals surface area contributed by atoms with Gasteiger partial charge in [0.1, 0.15) is 0 Å². The van der Waals surface area contributed by atoms with E-state index in [1.165, 1.54) is 17.7 Å². The summed E-state index contributed by atoms with van der Waals surface area (Å²) in [5, 5.41) is 1.31. The molecule has 0 aromatic carbocycles. The average molecular weight is 137 g/mol. The maximum absolute atomic E-state index is 8.65. The van der Waals surface area contributed by atoms with Crippen molar-refractivity contribution in [2.45, 2.75) is 0 Å². The first-order valence-corrected chi connectivity index (χ1v) is 4.18. The highest BCUT2D eigenvalue weighted by Gasteiger charge is 1.92. The van der Waals surface area contributed by atoms with Gasteiger partial charge in [-0.25, -0.2) is 0 Å². The first-order chi connectivity index (χ1) is 3.56. The zero-order valence-electron chi connectivity index (χ0n) is 4.74. The minimum Gasteiger partial charge on any atom is -0.327 e. The van der Waals surface area contributed by atoms with E-state index in [1.807, 2.05) is 0 Å². The molecule has 0 heterocycles. The van der Waals surface area contributed by atoms with Crippen LogP contribution in [-0.4, -0.2) is 21.9 Å². The van der Waals surface area contributed by atoms with Crippen molar-refractivity contribution in [2.24, 2.45) is 5.73 Å². The number of hydrogen-bond donors (Lipinski definition) is 3. The van der Waals surface area contributed by atoms with Crippen LogP contribution in [0.2, 0.25) is 0 Å². The van der Waals surface area contributed by atoms with Crippen LogP contribution < -0.4 is 5.73 Å². The van der Waals surface area contributed by atoms with Crippen LogP contribution >= 0.6 is 10.6 Å². The molecule has 0 aliphatic heterocycles. The summed E-state index contributed by atoms with van der Waals surface area (Å²) < 4.78 is 17.3. The first kappa shape index (κ1) is 7.97. The number of nitrogens with two attached hydrogens (primary N) is 1. The van der Waals surface area contributed by atoms with Gasteiger partial charge in [0.05, 0.1) is 0 Å². The Morgan fingerprint density at radius 3 is 2.25 bits per heavy atom. The van der Waals surface area contributed by atoms with Gasteiger partial charge in [-0.15, -0.1) is 0 Å². The van der Waals surface area contributed by atoms with Gasteiger partial charge in [0, 0.05) is 18.2 Å². The van der Waals surface area contributed by atoms with Gasteiger partial charge in [0.15, 0.2) is 0 Å². The lowest BCUT2D eigenvalue weighted by Crippen LogP contribution is -1.94. The predicted octanol–water partition coefficient (Wildman–Crippen LogP) is 0.839. The van der Waals surface area contributed by atoms with Gasteiger partial charge in [0.2, 0.25) is 0 Å². The first-order valence-electron chi connectivity index (χ1n) is 2.16.